The summed E-state index contributed by atoms with van der Waals surface area (Å²) in [5.41, 5.74) is 3.48. The highest BCUT2D eigenvalue weighted by atomic mass is 16.1. The van der Waals surface area contributed by atoms with Crippen LogP contribution >= 0.6 is 0 Å². The normalized spacial score (nSPS) is 35.1. The summed E-state index contributed by atoms with van der Waals surface area (Å²) in [5, 5.41) is 3.37. The van der Waals surface area contributed by atoms with E-state index in [9.17, 15) is 4.79 Å². The van der Waals surface area contributed by atoms with Crippen molar-refractivity contribution in [2.24, 2.45) is 23.2 Å². The second-order valence-electron chi connectivity index (χ2n) is 12.0. The Morgan fingerprint density at radius 2 is 1.64 bits per heavy atom. The molecular weight excluding hydrogens is 404 g/mol. The molecule has 1 aliphatic heterocycles. The summed E-state index contributed by atoms with van der Waals surface area (Å²) in [6, 6.07) is 22.0. The smallest absolute Gasteiger partial charge is 0.220 e. The monoisotopic (exact) mass is 442 g/mol. The van der Waals surface area contributed by atoms with Crippen molar-refractivity contribution in [1.29, 1.82) is 0 Å². The molecule has 33 heavy (non-hydrogen) atoms. The minimum atomic E-state index is 0.235. The van der Waals surface area contributed by atoms with Gasteiger partial charge in [-0.1, -0.05) is 60.7 Å². The molecule has 5 fully saturated rings. The van der Waals surface area contributed by atoms with Gasteiger partial charge in [-0.15, -0.1) is 0 Å². The summed E-state index contributed by atoms with van der Waals surface area (Å²) in [7, 11) is 0. The lowest BCUT2D eigenvalue weighted by atomic mass is 9.42. The third-order valence-electron chi connectivity index (χ3n) is 9.31. The minimum absolute atomic E-state index is 0.235. The molecule has 1 heterocycles. The first-order valence-corrected chi connectivity index (χ1v) is 13.2. The van der Waals surface area contributed by atoms with E-state index in [0.717, 1.165) is 44.4 Å². The lowest BCUT2D eigenvalue weighted by molar-refractivity contribution is -0.131. The molecular formula is C30H38N2O. The van der Waals surface area contributed by atoms with Crippen LogP contribution in [-0.2, 0) is 16.8 Å². The first kappa shape index (κ1) is 21.4. The number of hydrogen-bond acceptors (Lipinski definition) is 2. The number of likely N-dealkylation sites (tertiary alicyclic amines) is 1. The van der Waals surface area contributed by atoms with Crippen molar-refractivity contribution in [2.75, 3.05) is 19.6 Å². The van der Waals surface area contributed by atoms with E-state index < -0.39 is 0 Å². The zero-order valence-corrected chi connectivity index (χ0v) is 19.8. The predicted octanol–water partition coefficient (Wildman–Crippen LogP) is 5.55. The van der Waals surface area contributed by atoms with E-state index >= 15 is 0 Å². The van der Waals surface area contributed by atoms with E-state index in [2.05, 4.69) is 70.9 Å². The zero-order valence-electron chi connectivity index (χ0n) is 19.8. The van der Waals surface area contributed by atoms with Crippen LogP contribution < -0.4 is 5.32 Å². The third-order valence-corrected chi connectivity index (χ3v) is 9.31. The van der Waals surface area contributed by atoms with Gasteiger partial charge >= 0.3 is 0 Å². The number of carbonyl (C=O) groups excluding carboxylic acids is 1. The first-order chi connectivity index (χ1) is 16.1. The zero-order chi connectivity index (χ0) is 22.3. The summed E-state index contributed by atoms with van der Waals surface area (Å²) in [5.74, 6) is 2.53. The van der Waals surface area contributed by atoms with Crippen LogP contribution in [0, 0.1) is 23.2 Å². The van der Waals surface area contributed by atoms with E-state index in [0.29, 0.717) is 17.2 Å². The van der Waals surface area contributed by atoms with Crippen LogP contribution in [0.4, 0.5) is 0 Å². The fourth-order valence-corrected chi connectivity index (χ4v) is 8.51. The van der Waals surface area contributed by atoms with E-state index in [1.165, 1.54) is 56.1 Å². The molecule has 3 atom stereocenters. The standard InChI is InChI=1S/C30H38N2O/c33-28(31-19-24-11-12-32(21-24)20-23-7-3-1-4-8-23)18-29-14-25-13-26(15-29)17-30(16-25,22-29)27-9-5-2-6-10-27/h1-10,24-26H,11-22H2,(H,31,33). The average molecular weight is 443 g/mol. The largest absolute Gasteiger partial charge is 0.356 e. The van der Waals surface area contributed by atoms with Crippen LogP contribution in [0.5, 0.6) is 0 Å². The molecule has 3 heteroatoms. The molecule has 4 saturated carbocycles. The summed E-state index contributed by atoms with van der Waals surface area (Å²) >= 11 is 0. The molecule has 0 spiro atoms. The Hall–Kier alpha value is -2.13. The van der Waals surface area contributed by atoms with E-state index in [1.54, 1.807) is 0 Å². The molecule has 4 aliphatic carbocycles. The molecule has 1 saturated heterocycles. The second kappa shape index (κ2) is 8.58. The molecule has 5 aliphatic rings. The van der Waals surface area contributed by atoms with Gasteiger partial charge in [0, 0.05) is 26.1 Å². The van der Waals surface area contributed by atoms with Crippen LogP contribution in [0.3, 0.4) is 0 Å². The van der Waals surface area contributed by atoms with Gasteiger partial charge in [-0.3, -0.25) is 9.69 Å². The maximum absolute atomic E-state index is 13.2. The van der Waals surface area contributed by atoms with Gasteiger partial charge < -0.3 is 5.32 Å². The lowest BCUT2D eigenvalue weighted by Crippen LogP contribution is -2.55. The van der Waals surface area contributed by atoms with Gasteiger partial charge in [0.1, 0.15) is 0 Å². The van der Waals surface area contributed by atoms with Gasteiger partial charge in [0.2, 0.25) is 5.91 Å². The van der Waals surface area contributed by atoms with Crippen molar-refractivity contribution in [3.05, 3.63) is 71.8 Å². The minimum Gasteiger partial charge on any atom is -0.356 e. The van der Waals surface area contributed by atoms with Gasteiger partial charge in [-0.2, -0.15) is 0 Å². The molecule has 3 nitrogen and oxygen atoms in total. The topological polar surface area (TPSA) is 32.3 Å². The van der Waals surface area contributed by atoms with Crippen molar-refractivity contribution in [3.63, 3.8) is 0 Å². The lowest BCUT2D eigenvalue weighted by Gasteiger charge is -2.62. The summed E-state index contributed by atoms with van der Waals surface area (Å²) in [6.45, 7) is 4.11. The Labute approximate surface area is 199 Å². The maximum Gasteiger partial charge on any atom is 0.220 e. The van der Waals surface area contributed by atoms with Gasteiger partial charge in [0.15, 0.2) is 0 Å². The molecule has 174 valence electrons. The second-order valence-corrected chi connectivity index (χ2v) is 12.0. The molecule has 7 rings (SSSR count). The molecule has 1 amide bonds. The van der Waals surface area contributed by atoms with E-state index in [-0.39, 0.29) is 5.41 Å². The number of nitrogens with zero attached hydrogens (tertiary/aromatic N) is 1. The van der Waals surface area contributed by atoms with Gasteiger partial charge in [-0.05, 0) is 91.2 Å². The number of benzene rings is 2. The third kappa shape index (κ3) is 4.37. The molecule has 2 aromatic carbocycles. The Kier molecular flexibility index (Phi) is 5.57. The number of hydrogen-bond donors (Lipinski definition) is 1. The molecule has 4 bridgehead atoms. The highest BCUT2D eigenvalue weighted by molar-refractivity contribution is 5.76. The summed E-state index contributed by atoms with van der Waals surface area (Å²) in [4.78, 5) is 15.7. The fourth-order valence-electron chi connectivity index (χ4n) is 8.51. The number of carbonyl (C=O) groups is 1. The number of amides is 1. The van der Waals surface area contributed by atoms with Crippen LogP contribution in [0.1, 0.15) is 62.5 Å². The Morgan fingerprint density at radius 3 is 2.36 bits per heavy atom. The van der Waals surface area contributed by atoms with Gasteiger partial charge in [0.05, 0.1) is 0 Å². The SMILES string of the molecule is O=C(CC12CC3CC(C1)CC(c1ccccc1)(C3)C2)NCC1CCN(Cc2ccccc2)C1. The molecule has 1 N–H and O–H groups in total. The van der Waals surface area contributed by atoms with E-state index in [1.807, 2.05) is 0 Å². The summed E-state index contributed by atoms with van der Waals surface area (Å²) in [6.07, 6.45) is 9.80. The first-order valence-electron chi connectivity index (χ1n) is 13.2. The van der Waals surface area contributed by atoms with E-state index in [4.69, 9.17) is 0 Å². The Morgan fingerprint density at radius 1 is 0.939 bits per heavy atom. The van der Waals surface area contributed by atoms with Crippen LogP contribution in [0.15, 0.2) is 60.7 Å². The average Bonchev–Trinajstić information content (AvgIpc) is 3.25. The molecule has 3 unspecified atom stereocenters. The highest BCUT2D eigenvalue weighted by Gasteiger charge is 2.58. The van der Waals surface area contributed by atoms with Crippen molar-refractivity contribution in [2.45, 2.75) is 63.3 Å². The summed E-state index contributed by atoms with van der Waals surface area (Å²) < 4.78 is 0. The molecule has 2 aromatic rings. The van der Waals surface area contributed by atoms with Crippen molar-refractivity contribution >= 4 is 5.91 Å². The number of nitrogens with one attached hydrogen (secondary N) is 1. The van der Waals surface area contributed by atoms with Gasteiger partial charge in [-0.25, -0.2) is 0 Å². The van der Waals surface area contributed by atoms with Crippen LogP contribution in [-0.4, -0.2) is 30.4 Å². The van der Waals surface area contributed by atoms with Crippen LogP contribution in [0.2, 0.25) is 0 Å². The van der Waals surface area contributed by atoms with Crippen molar-refractivity contribution in [1.82, 2.24) is 10.2 Å². The maximum atomic E-state index is 13.2. The predicted molar refractivity (Wildman–Crippen MR) is 133 cm³/mol. The van der Waals surface area contributed by atoms with Crippen LogP contribution in [0.25, 0.3) is 0 Å². The number of rotatable bonds is 7. The molecule has 0 aromatic heterocycles. The van der Waals surface area contributed by atoms with Gasteiger partial charge in [0.25, 0.3) is 0 Å². The quantitative estimate of drug-likeness (QED) is 0.609. The van der Waals surface area contributed by atoms with Crippen molar-refractivity contribution in [3.8, 4) is 0 Å². The Balaban J connectivity index is 1.05. The highest BCUT2D eigenvalue weighted by Crippen LogP contribution is 2.66. The molecule has 0 radical (unpaired) electrons. The van der Waals surface area contributed by atoms with Crippen molar-refractivity contribution < 1.29 is 4.79 Å². The fraction of sp³-hybridized carbons (Fsp3) is 0.567. The Bertz CT molecular complexity index is 957.